The van der Waals surface area contributed by atoms with Gasteiger partial charge in [0.05, 0.1) is 5.56 Å². The molecule has 7 heteroatoms. The van der Waals surface area contributed by atoms with Gasteiger partial charge in [0.2, 0.25) is 0 Å². The summed E-state index contributed by atoms with van der Waals surface area (Å²) in [5.74, 6) is 0. The zero-order valence-electron chi connectivity index (χ0n) is 11.0. The van der Waals surface area contributed by atoms with Crippen LogP contribution in [0.5, 0.6) is 0 Å². The van der Waals surface area contributed by atoms with Crippen LogP contribution >= 0.6 is 27.7 Å². The second kappa shape index (κ2) is 6.37. The Bertz CT molecular complexity index is 627. The van der Waals surface area contributed by atoms with Gasteiger partial charge in [-0.15, -0.1) is 0 Å². The summed E-state index contributed by atoms with van der Waals surface area (Å²) in [6, 6.07) is 7.86. The molecule has 0 saturated heterocycles. The number of hydrogen-bond donors (Lipinski definition) is 1. The quantitative estimate of drug-likeness (QED) is 0.815. The molecule has 0 aliphatic carbocycles. The van der Waals surface area contributed by atoms with Gasteiger partial charge >= 0.3 is 6.18 Å². The van der Waals surface area contributed by atoms with Crippen molar-refractivity contribution in [3.63, 3.8) is 0 Å². The van der Waals surface area contributed by atoms with E-state index in [1.54, 1.807) is 0 Å². The van der Waals surface area contributed by atoms with Gasteiger partial charge in [-0.25, -0.2) is 4.98 Å². The molecular formula is C14H12BrF3N2S. The third-order valence-electron chi connectivity index (χ3n) is 2.74. The van der Waals surface area contributed by atoms with Gasteiger partial charge < -0.3 is 5.73 Å². The summed E-state index contributed by atoms with van der Waals surface area (Å²) in [6.07, 6.45) is -3.53. The molecule has 0 saturated carbocycles. The fourth-order valence-corrected chi connectivity index (χ4v) is 3.23. The number of halogens is 4. The van der Waals surface area contributed by atoms with Gasteiger partial charge in [0, 0.05) is 21.6 Å². The van der Waals surface area contributed by atoms with E-state index in [0.717, 1.165) is 27.2 Å². The lowest BCUT2D eigenvalue weighted by molar-refractivity contribution is -0.137. The van der Waals surface area contributed by atoms with Gasteiger partial charge in [-0.05, 0) is 36.8 Å². The summed E-state index contributed by atoms with van der Waals surface area (Å²) >= 11 is 4.66. The third-order valence-corrected chi connectivity index (χ3v) is 4.26. The maximum Gasteiger partial charge on any atom is 0.417 e. The Morgan fingerprint density at radius 3 is 2.48 bits per heavy atom. The molecule has 0 spiro atoms. The summed E-state index contributed by atoms with van der Waals surface area (Å²) in [6.45, 7) is 1.85. The number of aromatic nitrogens is 1. The summed E-state index contributed by atoms with van der Waals surface area (Å²) in [7, 11) is 0. The maximum atomic E-state index is 12.5. The fourth-order valence-electron chi connectivity index (χ4n) is 1.69. The minimum atomic E-state index is -4.37. The highest BCUT2D eigenvalue weighted by Crippen LogP contribution is 2.35. The first-order valence-corrected chi connectivity index (χ1v) is 7.64. The molecule has 2 N–H and O–H groups in total. The first-order chi connectivity index (χ1) is 9.77. The number of pyridine rings is 1. The number of nitrogens with zero attached hydrogens (tertiary/aromatic N) is 1. The van der Waals surface area contributed by atoms with E-state index in [0.29, 0.717) is 5.03 Å². The second-order valence-electron chi connectivity index (χ2n) is 4.46. The minimum absolute atomic E-state index is 0.171. The average molecular weight is 377 g/mol. The lowest BCUT2D eigenvalue weighted by Crippen LogP contribution is -2.06. The summed E-state index contributed by atoms with van der Waals surface area (Å²) < 4.78 is 38.4. The van der Waals surface area contributed by atoms with E-state index in [-0.39, 0.29) is 6.04 Å². The standard InChI is InChI=1S/C14H12BrF3N2S/c1-8(19)11-4-3-10(15)6-12(11)21-13-5-2-9(7-20-13)14(16,17)18/h2-8H,19H2,1H3. The molecular weight excluding hydrogens is 365 g/mol. The summed E-state index contributed by atoms with van der Waals surface area (Å²) in [5.41, 5.74) is 6.07. The van der Waals surface area contributed by atoms with Crippen LogP contribution in [0.4, 0.5) is 13.2 Å². The van der Waals surface area contributed by atoms with Crippen molar-refractivity contribution in [2.45, 2.75) is 29.1 Å². The predicted molar refractivity (Wildman–Crippen MR) is 80.1 cm³/mol. The SMILES string of the molecule is CC(N)c1ccc(Br)cc1Sc1ccc(C(F)(F)F)cn1. The van der Waals surface area contributed by atoms with Crippen LogP contribution in [0.1, 0.15) is 24.1 Å². The minimum Gasteiger partial charge on any atom is -0.324 e. The highest BCUT2D eigenvalue weighted by molar-refractivity contribution is 9.10. The van der Waals surface area contributed by atoms with Crippen LogP contribution in [-0.2, 0) is 6.18 Å². The highest BCUT2D eigenvalue weighted by Gasteiger charge is 2.30. The molecule has 1 aromatic heterocycles. The van der Waals surface area contributed by atoms with E-state index in [1.165, 1.54) is 17.8 Å². The van der Waals surface area contributed by atoms with Crippen LogP contribution in [0, 0.1) is 0 Å². The van der Waals surface area contributed by atoms with Crippen molar-refractivity contribution in [1.82, 2.24) is 4.98 Å². The van der Waals surface area contributed by atoms with Crippen LogP contribution in [-0.4, -0.2) is 4.98 Å². The van der Waals surface area contributed by atoms with E-state index in [9.17, 15) is 13.2 Å². The van der Waals surface area contributed by atoms with Crippen LogP contribution in [0.2, 0.25) is 0 Å². The molecule has 1 unspecified atom stereocenters. The molecule has 0 fully saturated rings. The number of rotatable bonds is 3. The van der Waals surface area contributed by atoms with Crippen LogP contribution in [0.15, 0.2) is 50.9 Å². The molecule has 0 aliphatic heterocycles. The van der Waals surface area contributed by atoms with E-state index in [1.807, 2.05) is 25.1 Å². The Hall–Kier alpha value is -1.05. The molecule has 0 aliphatic rings. The summed E-state index contributed by atoms with van der Waals surface area (Å²) in [4.78, 5) is 4.72. The predicted octanol–water partition coefficient (Wildman–Crippen LogP) is 5.03. The normalized spacial score (nSPS) is 13.2. The van der Waals surface area contributed by atoms with E-state index in [2.05, 4.69) is 20.9 Å². The van der Waals surface area contributed by atoms with Gasteiger partial charge in [-0.2, -0.15) is 13.2 Å². The first-order valence-electron chi connectivity index (χ1n) is 6.03. The average Bonchev–Trinajstić information content (AvgIpc) is 2.38. The van der Waals surface area contributed by atoms with Gasteiger partial charge in [-0.3, -0.25) is 0 Å². The van der Waals surface area contributed by atoms with Crippen molar-refractivity contribution in [2.75, 3.05) is 0 Å². The van der Waals surface area contributed by atoms with E-state index >= 15 is 0 Å². The molecule has 0 bridgehead atoms. The molecule has 2 rings (SSSR count). The van der Waals surface area contributed by atoms with Crippen molar-refractivity contribution >= 4 is 27.7 Å². The zero-order chi connectivity index (χ0) is 15.6. The monoisotopic (exact) mass is 376 g/mol. The molecule has 2 nitrogen and oxygen atoms in total. The zero-order valence-corrected chi connectivity index (χ0v) is 13.4. The fraction of sp³-hybridized carbons (Fsp3) is 0.214. The Morgan fingerprint density at radius 2 is 1.95 bits per heavy atom. The van der Waals surface area contributed by atoms with Gasteiger partial charge in [0.1, 0.15) is 5.03 Å². The van der Waals surface area contributed by atoms with Crippen LogP contribution in [0.25, 0.3) is 0 Å². The topological polar surface area (TPSA) is 38.9 Å². The lowest BCUT2D eigenvalue weighted by atomic mass is 10.1. The Balaban J connectivity index is 2.28. The smallest absolute Gasteiger partial charge is 0.324 e. The number of hydrogen-bond acceptors (Lipinski definition) is 3. The van der Waals surface area contributed by atoms with Crippen molar-refractivity contribution < 1.29 is 13.2 Å². The lowest BCUT2D eigenvalue weighted by Gasteiger charge is -2.13. The Kier molecular flexibility index (Phi) is 4.95. The molecule has 21 heavy (non-hydrogen) atoms. The van der Waals surface area contributed by atoms with Crippen LogP contribution < -0.4 is 5.73 Å². The van der Waals surface area contributed by atoms with Crippen LogP contribution in [0.3, 0.4) is 0 Å². The molecule has 0 radical (unpaired) electrons. The molecule has 1 heterocycles. The molecule has 1 atom stereocenters. The van der Waals surface area contributed by atoms with Crippen molar-refractivity contribution in [3.8, 4) is 0 Å². The molecule has 0 amide bonds. The highest BCUT2D eigenvalue weighted by atomic mass is 79.9. The number of nitrogens with two attached hydrogens (primary N) is 1. The molecule has 112 valence electrons. The number of alkyl halides is 3. The Labute approximate surface area is 133 Å². The van der Waals surface area contributed by atoms with Gasteiger partial charge in [0.15, 0.2) is 0 Å². The Morgan fingerprint density at radius 1 is 1.24 bits per heavy atom. The summed E-state index contributed by atoms with van der Waals surface area (Å²) in [5, 5.41) is 0.489. The van der Waals surface area contributed by atoms with Gasteiger partial charge in [0.25, 0.3) is 0 Å². The van der Waals surface area contributed by atoms with Crippen molar-refractivity contribution in [1.29, 1.82) is 0 Å². The molecule has 2 aromatic rings. The van der Waals surface area contributed by atoms with Gasteiger partial charge in [-0.1, -0.05) is 33.8 Å². The first kappa shape index (κ1) is 16.3. The maximum absolute atomic E-state index is 12.5. The largest absolute Gasteiger partial charge is 0.417 e. The second-order valence-corrected chi connectivity index (χ2v) is 6.43. The third kappa shape index (κ3) is 4.21. The number of benzene rings is 1. The molecule has 1 aromatic carbocycles. The van der Waals surface area contributed by atoms with Crippen molar-refractivity contribution in [3.05, 3.63) is 52.1 Å². The van der Waals surface area contributed by atoms with Crippen molar-refractivity contribution in [2.24, 2.45) is 5.73 Å². The van der Waals surface area contributed by atoms with E-state index < -0.39 is 11.7 Å². The van der Waals surface area contributed by atoms with E-state index in [4.69, 9.17) is 5.73 Å².